The predicted molar refractivity (Wildman–Crippen MR) is 46.7 cm³/mol. The minimum Gasteiger partial charge on any atom is -0.395 e. The fourth-order valence-corrected chi connectivity index (χ4v) is 0.910. The van der Waals surface area contributed by atoms with Gasteiger partial charge in [-0.15, -0.1) is 0 Å². The molecule has 4 nitrogen and oxygen atoms in total. The summed E-state index contributed by atoms with van der Waals surface area (Å²) in [4.78, 5) is 7.16. The third-order valence-electron chi connectivity index (χ3n) is 1.67. The van der Waals surface area contributed by atoms with Gasteiger partial charge in [0.05, 0.1) is 6.61 Å². The second-order valence-electron chi connectivity index (χ2n) is 2.96. The molecule has 4 heteroatoms. The fraction of sp³-hybridized carbons (Fsp3) is 0.625. The predicted octanol–water partition coefficient (Wildman–Crippen LogP) is 0.189. The zero-order valence-corrected chi connectivity index (χ0v) is 7.46. The van der Waals surface area contributed by atoms with Crippen molar-refractivity contribution in [3.8, 4) is 0 Å². The lowest BCUT2D eigenvalue weighted by molar-refractivity contribution is 0.250. The van der Waals surface area contributed by atoms with Crippen LogP contribution in [0, 0.1) is 6.92 Å². The smallest absolute Gasteiger partial charge is 0.103 e. The maximum Gasteiger partial charge on any atom is 0.103 e. The Morgan fingerprint density at radius 2 is 2.50 bits per heavy atom. The molecule has 0 aromatic carbocycles. The quantitative estimate of drug-likeness (QED) is 0.603. The molecule has 0 fully saturated rings. The average Bonchev–Trinajstić information content (AvgIpc) is 2.47. The molecular formula is C8H15N3O. The van der Waals surface area contributed by atoms with Crippen molar-refractivity contribution < 1.29 is 5.11 Å². The summed E-state index contributed by atoms with van der Waals surface area (Å²) in [5.74, 6) is 0.920. The van der Waals surface area contributed by atoms with E-state index in [0.29, 0.717) is 0 Å². The Morgan fingerprint density at radius 1 is 1.75 bits per heavy atom. The van der Waals surface area contributed by atoms with Gasteiger partial charge >= 0.3 is 0 Å². The van der Waals surface area contributed by atoms with Crippen molar-refractivity contribution in [2.24, 2.45) is 0 Å². The molecule has 0 spiro atoms. The molecule has 3 N–H and O–H groups in total. The van der Waals surface area contributed by atoms with Crippen LogP contribution in [0.5, 0.6) is 0 Å². The Hall–Kier alpha value is -0.870. The number of rotatable bonds is 4. The summed E-state index contributed by atoms with van der Waals surface area (Å²) >= 11 is 0. The van der Waals surface area contributed by atoms with Crippen LogP contribution < -0.4 is 5.32 Å². The van der Waals surface area contributed by atoms with E-state index in [1.54, 1.807) is 6.20 Å². The van der Waals surface area contributed by atoms with Crippen LogP contribution in [0.25, 0.3) is 0 Å². The first-order chi connectivity index (χ1) is 5.72. The fourth-order valence-electron chi connectivity index (χ4n) is 0.910. The lowest BCUT2D eigenvalue weighted by Gasteiger charge is -2.08. The highest BCUT2D eigenvalue weighted by atomic mass is 16.3. The maximum absolute atomic E-state index is 8.73. The third kappa shape index (κ3) is 2.64. The van der Waals surface area contributed by atoms with E-state index in [-0.39, 0.29) is 12.6 Å². The van der Waals surface area contributed by atoms with Crippen LogP contribution >= 0.6 is 0 Å². The van der Waals surface area contributed by atoms with E-state index in [2.05, 4.69) is 15.3 Å². The molecule has 1 aromatic heterocycles. The Bertz CT molecular complexity index is 234. The Kier molecular flexibility index (Phi) is 3.25. The van der Waals surface area contributed by atoms with E-state index in [4.69, 9.17) is 5.11 Å². The van der Waals surface area contributed by atoms with Crippen molar-refractivity contribution in [1.29, 1.82) is 0 Å². The second kappa shape index (κ2) is 4.23. The van der Waals surface area contributed by atoms with E-state index < -0.39 is 0 Å². The number of aliphatic hydroxyl groups excluding tert-OH is 1. The molecular weight excluding hydrogens is 154 g/mol. The molecule has 0 aliphatic heterocycles. The lowest BCUT2D eigenvalue weighted by atomic mass is 10.3. The van der Waals surface area contributed by atoms with Gasteiger partial charge in [0, 0.05) is 24.5 Å². The van der Waals surface area contributed by atoms with Crippen LogP contribution in [0.1, 0.15) is 18.4 Å². The highest BCUT2D eigenvalue weighted by molar-refractivity contribution is 4.99. The van der Waals surface area contributed by atoms with E-state index in [1.165, 1.54) is 0 Å². The summed E-state index contributed by atoms with van der Waals surface area (Å²) in [6.45, 7) is 4.73. The van der Waals surface area contributed by atoms with Crippen LogP contribution in [0.4, 0.5) is 0 Å². The van der Waals surface area contributed by atoms with Crippen molar-refractivity contribution in [3.63, 3.8) is 0 Å². The summed E-state index contributed by atoms with van der Waals surface area (Å²) in [6.07, 6.45) is 1.80. The number of aryl methyl sites for hydroxylation is 1. The number of nitrogens with zero attached hydrogens (tertiary/aromatic N) is 1. The highest BCUT2D eigenvalue weighted by Crippen LogP contribution is 1.95. The number of aromatic nitrogens is 2. The number of H-pyrrole nitrogens is 1. The van der Waals surface area contributed by atoms with E-state index in [9.17, 15) is 0 Å². The van der Waals surface area contributed by atoms with Gasteiger partial charge in [-0.1, -0.05) is 0 Å². The molecule has 0 amide bonds. The van der Waals surface area contributed by atoms with Gasteiger partial charge in [-0.25, -0.2) is 4.98 Å². The molecule has 0 saturated heterocycles. The van der Waals surface area contributed by atoms with Gasteiger partial charge in [0.15, 0.2) is 0 Å². The summed E-state index contributed by atoms with van der Waals surface area (Å²) < 4.78 is 0. The lowest BCUT2D eigenvalue weighted by Crippen LogP contribution is -2.28. The molecule has 0 saturated carbocycles. The van der Waals surface area contributed by atoms with Crippen molar-refractivity contribution in [3.05, 3.63) is 17.7 Å². The normalized spacial score (nSPS) is 13.2. The first kappa shape index (κ1) is 9.22. The summed E-state index contributed by atoms with van der Waals surface area (Å²) in [7, 11) is 0. The first-order valence-corrected chi connectivity index (χ1v) is 4.07. The molecule has 1 rings (SSSR count). The highest BCUT2D eigenvalue weighted by Gasteiger charge is 2.00. The van der Waals surface area contributed by atoms with Gasteiger partial charge in [-0.05, 0) is 13.8 Å². The SMILES string of the molecule is Cc1ncc(CNC(C)CO)[nH]1. The molecule has 1 heterocycles. The summed E-state index contributed by atoms with van der Waals surface area (Å²) in [5.41, 5.74) is 1.05. The zero-order valence-electron chi connectivity index (χ0n) is 7.46. The van der Waals surface area contributed by atoms with E-state index >= 15 is 0 Å². The summed E-state index contributed by atoms with van der Waals surface area (Å²) in [6, 6.07) is 0.133. The number of hydrogen-bond acceptors (Lipinski definition) is 3. The van der Waals surface area contributed by atoms with Crippen LogP contribution in [0.2, 0.25) is 0 Å². The number of imidazole rings is 1. The topological polar surface area (TPSA) is 60.9 Å². The molecule has 0 aliphatic carbocycles. The number of aromatic amines is 1. The van der Waals surface area contributed by atoms with Crippen LogP contribution in [0.15, 0.2) is 6.20 Å². The number of aliphatic hydroxyl groups is 1. The molecule has 0 bridgehead atoms. The summed E-state index contributed by atoms with van der Waals surface area (Å²) in [5, 5.41) is 11.9. The molecule has 1 aromatic rings. The van der Waals surface area contributed by atoms with Gasteiger partial charge < -0.3 is 15.4 Å². The van der Waals surface area contributed by atoms with Crippen LogP contribution in [-0.4, -0.2) is 27.7 Å². The molecule has 68 valence electrons. The first-order valence-electron chi connectivity index (χ1n) is 4.07. The molecule has 0 radical (unpaired) electrons. The Labute approximate surface area is 72.0 Å². The van der Waals surface area contributed by atoms with Gasteiger partial charge in [0.2, 0.25) is 0 Å². The minimum atomic E-state index is 0.133. The van der Waals surface area contributed by atoms with Crippen LogP contribution in [-0.2, 0) is 6.54 Å². The largest absolute Gasteiger partial charge is 0.395 e. The van der Waals surface area contributed by atoms with Crippen molar-refractivity contribution in [1.82, 2.24) is 15.3 Å². The Balaban J connectivity index is 2.33. The van der Waals surface area contributed by atoms with Gasteiger partial charge in [-0.3, -0.25) is 0 Å². The molecule has 1 atom stereocenters. The number of hydrogen-bond donors (Lipinski definition) is 3. The molecule has 12 heavy (non-hydrogen) atoms. The van der Waals surface area contributed by atoms with Crippen molar-refractivity contribution in [2.45, 2.75) is 26.4 Å². The second-order valence-corrected chi connectivity index (χ2v) is 2.96. The van der Waals surface area contributed by atoms with Gasteiger partial charge in [0.25, 0.3) is 0 Å². The molecule has 1 unspecified atom stereocenters. The average molecular weight is 169 g/mol. The standard InChI is InChI=1S/C8H15N3O/c1-6(5-12)9-3-8-4-10-7(2)11-8/h4,6,9,12H,3,5H2,1-2H3,(H,10,11). The third-order valence-corrected chi connectivity index (χ3v) is 1.67. The Morgan fingerprint density at radius 3 is 3.00 bits per heavy atom. The maximum atomic E-state index is 8.73. The number of nitrogens with one attached hydrogen (secondary N) is 2. The van der Waals surface area contributed by atoms with E-state index in [0.717, 1.165) is 18.1 Å². The zero-order chi connectivity index (χ0) is 8.97. The van der Waals surface area contributed by atoms with E-state index in [1.807, 2.05) is 13.8 Å². The van der Waals surface area contributed by atoms with Crippen LogP contribution in [0.3, 0.4) is 0 Å². The van der Waals surface area contributed by atoms with Gasteiger partial charge in [0.1, 0.15) is 5.82 Å². The minimum absolute atomic E-state index is 0.133. The monoisotopic (exact) mass is 169 g/mol. The molecule has 0 aliphatic rings. The van der Waals surface area contributed by atoms with Crippen molar-refractivity contribution >= 4 is 0 Å². The van der Waals surface area contributed by atoms with Gasteiger partial charge in [-0.2, -0.15) is 0 Å². The van der Waals surface area contributed by atoms with Crippen molar-refractivity contribution in [2.75, 3.05) is 6.61 Å².